The first kappa shape index (κ1) is 26.4. The number of morpholine rings is 1. The molecule has 0 radical (unpaired) electrons. The van der Waals surface area contributed by atoms with Crippen LogP contribution in [0.25, 0.3) is 11.1 Å². The molecule has 2 aromatic carbocycles. The van der Waals surface area contributed by atoms with E-state index in [1.54, 1.807) is 21.9 Å². The van der Waals surface area contributed by atoms with Gasteiger partial charge in [-0.25, -0.2) is 8.78 Å². The third kappa shape index (κ3) is 5.79. The van der Waals surface area contributed by atoms with Gasteiger partial charge in [-0.1, -0.05) is 35.3 Å². The number of rotatable bonds is 5. The van der Waals surface area contributed by atoms with Crippen molar-refractivity contribution in [3.63, 3.8) is 0 Å². The Balaban J connectivity index is 1.25. The van der Waals surface area contributed by atoms with Gasteiger partial charge in [0.1, 0.15) is 0 Å². The predicted molar refractivity (Wildman–Crippen MR) is 139 cm³/mol. The molecule has 1 saturated carbocycles. The number of hydrogen-bond donors (Lipinski definition) is 0. The van der Waals surface area contributed by atoms with Crippen LogP contribution in [0, 0.1) is 5.92 Å². The number of alkyl halides is 2. The summed E-state index contributed by atoms with van der Waals surface area (Å²) >= 11 is 13.3. The Hall–Kier alpha value is -2.22. The van der Waals surface area contributed by atoms with E-state index >= 15 is 0 Å². The van der Waals surface area contributed by atoms with Crippen molar-refractivity contribution in [3.8, 4) is 11.1 Å². The summed E-state index contributed by atoms with van der Waals surface area (Å²) in [5, 5.41) is 0.971. The molecule has 0 N–H and O–H groups in total. The standard InChI is InChI=1S/C28H30Cl2F2N2O3/c29-24-16-21(18-1-3-19(4-2-18)26(35)33-11-13-37-14-12-33)17-25(30)23(24)15-20-7-10-34(27(20)36)22-5-8-28(31,32)9-6-22/h1-4,16-17,20,22H,5-15H2/t20-/m0/s1. The summed E-state index contributed by atoms with van der Waals surface area (Å²) in [4.78, 5) is 29.4. The number of likely N-dealkylation sites (tertiary alicyclic amines) is 1. The minimum atomic E-state index is -2.61. The quantitative estimate of drug-likeness (QED) is 0.451. The molecule has 0 spiro atoms. The number of halogens is 4. The number of carbonyl (C=O) groups is 2. The van der Waals surface area contributed by atoms with E-state index in [4.69, 9.17) is 27.9 Å². The van der Waals surface area contributed by atoms with E-state index in [0.29, 0.717) is 74.1 Å². The molecule has 0 unspecified atom stereocenters. The highest BCUT2D eigenvalue weighted by atomic mass is 35.5. The van der Waals surface area contributed by atoms with Gasteiger partial charge in [-0.05, 0) is 66.6 Å². The molecule has 5 rings (SSSR count). The topological polar surface area (TPSA) is 49.9 Å². The number of hydrogen-bond acceptors (Lipinski definition) is 3. The first-order valence-electron chi connectivity index (χ1n) is 12.9. The monoisotopic (exact) mass is 550 g/mol. The largest absolute Gasteiger partial charge is 0.378 e. The maximum absolute atomic E-state index is 13.5. The van der Waals surface area contributed by atoms with Crippen LogP contribution in [0.4, 0.5) is 8.78 Å². The van der Waals surface area contributed by atoms with Crippen LogP contribution < -0.4 is 0 Å². The molecule has 5 nitrogen and oxygen atoms in total. The van der Waals surface area contributed by atoms with E-state index in [9.17, 15) is 18.4 Å². The lowest BCUT2D eigenvalue weighted by atomic mass is 9.91. The Morgan fingerprint density at radius 3 is 2.19 bits per heavy atom. The number of carbonyl (C=O) groups excluding carboxylic acids is 2. The highest BCUT2D eigenvalue weighted by molar-refractivity contribution is 6.36. The molecule has 2 aromatic rings. The SMILES string of the molecule is O=C(c1ccc(-c2cc(Cl)c(C[C@@H]3CCN(C4CCC(F)(F)CC4)C3=O)c(Cl)c2)cc1)N1CCOCC1. The van der Waals surface area contributed by atoms with Crippen molar-refractivity contribution in [2.45, 2.75) is 50.5 Å². The van der Waals surface area contributed by atoms with Crippen LogP contribution in [-0.2, 0) is 16.0 Å². The highest BCUT2D eigenvalue weighted by Gasteiger charge is 2.42. The normalized spacial score (nSPS) is 22.5. The van der Waals surface area contributed by atoms with Gasteiger partial charge in [-0.3, -0.25) is 9.59 Å². The maximum Gasteiger partial charge on any atom is 0.254 e. The Kier molecular flexibility index (Phi) is 7.75. The molecule has 2 amide bonds. The molecular formula is C28H30Cl2F2N2O3. The third-order valence-electron chi connectivity index (χ3n) is 7.83. The second-order valence-corrected chi connectivity index (χ2v) is 11.0. The molecule has 2 saturated heterocycles. The van der Waals surface area contributed by atoms with Crippen LogP contribution >= 0.6 is 23.2 Å². The van der Waals surface area contributed by atoms with E-state index in [2.05, 4.69) is 0 Å². The highest BCUT2D eigenvalue weighted by Crippen LogP contribution is 2.39. The van der Waals surface area contributed by atoms with E-state index in [1.807, 2.05) is 24.3 Å². The maximum atomic E-state index is 13.5. The molecule has 9 heteroatoms. The fraction of sp³-hybridized carbons (Fsp3) is 0.500. The second-order valence-electron chi connectivity index (χ2n) is 10.2. The van der Waals surface area contributed by atoms with Crippen LogP contribution in [-0.4, -0.2) is 66.4 Å². The first-order valence-corrected chi connectivity index (χ1v) is 13.6. The van der Waals surface area contributed by atoms with Gasteiger partial charge in [0.2, 0.25) is 11.8 Å². The van der Waals surface area contributed by atoms with Gasteiger partial charge < -0.3 is 14.5 Å². The van der Waals surface area contributed by atoms with Gasteiger partial charge in [0.05, 0.1) is 13.2 Å². The van der Waals surface area contributed by atoms with Crippen molar-refractivity contribution in [2.75, 3.05) is 32.8 Å². The predicted octanol–water partition coefficient (Wildman–Crippen LogP) is 6.10. The van der Waals surface area contributed by atoms with Crippen LogP contribution in [0.1, 0.15) is 48.0 Å². The first-order chi connectivity index (χ1) is 17.7. The van der Waals surface area contributed by atoms with Crippen molar-refractivity contribution in [2.24, 2.45) is 5.92 Å². The summed E-state index contributed by atoms with van der Waals surface area (Å²) < 4.78 is 32.4. The Morgan fingerprint density at radius 1 is 0.946 bits per heavy atom. The lowest BCUT2D eigenvalue weighted by Gasteiger charge is -2.34. The zero-order valence-electron chi connectivity index (χ0n) is 20.5. The van der Waals surface area contributed by atoms with Gasteiger partial charge >= 0.3 is 0 Å². The lowest BCUT2D eigenvalue weighted by Crippen LogP contribution is -2.42. The third-order valence-corrected chi connectivity index (χ3v) is 8.51. The molecule has 1 atom stereocenters. The molecule has 2 aliphatic heterocycles. The van der Waals surface area contributed by atoms with E-state index < -0.39 is 5.92 Å². The fourth-order valence-electron chi connectivity index (χ4n) is 5.62. The Morgan fingerprint density at radius 2 is 1.57 bits per heavy atom. The molecule has 198 valence electrons. The van der Waals surface area contributed by atoms with Crippen LogP contribution in [0.5, 0.6) is 0 Å². The van der Waals surface area contributed by atoms with E-state index in [-0.39, 0.29) is 36.6 Å². The number of benzene rings is 2. The summed E-state index contributed by atoms with van der Waals surface area (Å²) in [6.07, 6.45) is 1.46. The summed E-state index contributed by atoms with van der Waals surface area (Å²) in [6, 6.07) is 10.9. The molecular weight excluding hydrogens is 521 g/mol. The summed E-state index contributed by atoms with van der Waals surface area (Å²) in [5.74, 6) is -2.88. The molecule has 37 heavy (non-hydrogen) atoms. The van der Waals surface area contributed by atoms with Gasteiger partial charge in [0.15, 0.2) is 0 Å². The van der Waals surface area contributed by atoms with Crippen LogP contribution in [0.15, 0.2) is 36.4 Å². The Labute approximate surface area is 225 Å². The average molecular weight is 551 g/mol. The van der Waals surface area contributed by atoms with Crippen molar-refractivity contribution >= 4 is 35.0 Å². The van der Waals surface area contributed by atoms with Gasteiger partial charge in [0, 0.05) is 60.0 Å². The molecule has 3 aliphatic rings. The van der Waals surface area contributed by atoms with Crippen molar-refractivity contribution < 1.29 is 23.1 Å². The minimum absolute atomic E-state index is 0.00644. The summed E-state index contributed by atoms with van der Waals surface area (Å²) in [5.41, 5.74) is 3.05. The molecule has 0 aromatic heterocycles. The second kappa shape index (κ2) is 10.9. The van der Waals surface area contributed by atoms with Crippen molar-refractivity contribution in [1.29, 1.82) is 0 Å². The van der Waals surface area contributed by atoms with Gasteiger partial charge in [-0.2, -0.15) is 0 Å². The minimum Gasteiger partial charge on any atom is -0.378 e. The smallest absolute Gasteiger partial charge is 0.254 e. The number of nitrogens with zero attached hydrogens (tertiary/aromatic N) is 2. The summed E-state index contributed by atoms with van der Waals surface area (Å²) in [6.45, 7) is 2.87. The molecule has 1 aliphatic carbocycles. The van der Waals surface area contributed by atoms with Gasteiger partial charge in [0.25, 0.3) is 5.91 Å². The van der Waals surface area contributed by atoms with E-state index in [0.717, 1.165) is 16.7 Å². The van der Waals surface area contributed by atoms with Crippen molar-refractivity contribution in [1.82, 2.24) is 9.80 Å². The van der Waals surface area contributed by atoms with Crippen LogP contribution in [0.2, 0.25) is 10.0 Å². The van der Waals surface area contributed by atoms with Crippen LogP contribution in [0.3, 0.4) is 0 Å². The molecule has 0 bridgehead atoms. The average Bonchev–Trinajstić information content (AvgIpc) is 3.26. The molecule has 3 fully saturated rings. The van der Waals surface area contributed by atoms with Crippen molar-refractivity contribution in [3.05, 3.63) is 57.6 Å². The number of ether oxygens (including phenoxy) is 1. The van der Waals surface area contributed by atoms with E-state index in [1.165, 1.54) is 0 Å². The zero-order chi connectivity index (χ0) is 26.2. The lowest BCUT2D eigenvalue weighted by molar-refractivity contribution is -0.135. The number of amides is 2. The summed E-state index contributed by atoms with van der Waals surface area (Å²) in [7, 11) is 0. The van der Waals surface area contributed by atoms with Gasteiger partial charge in [-0.15, -0.1) is 0 Å². The Bertz CT molecular complexity index is 1140. The fourth-order valence-corrected chi connectivity index (χ4v) is 6.26. The zero-order valence-corrected chi connectivity index (χ0v) is 22.0. The molecule has 2 heterocycles.